The average Bonchev–Trinajstić information content (AvgIpc) is 0.722. The molecule has 0 bridgehead atoms. The van der Waals surface area contributed by atoms with Crippen LogP contribution in [0.2, 0.25) is 0 Å². The fourth-order valence-electron chi connectivity index (χ4n) is 0. The first-order valence-electron chi connectivity index (χ1n) is 0.730. The quantitative estimate of drug-likeness (QED) is 0.277. The number of hydrogen-bond donors (Lipinski definition) is 0. The van der Waals surface area contributed by atoms with Crippen molar-refractivity contribution in [1.82, 2.24) is 0 Å². The first-order valence-corrected chi connectivity index (χ1v) is 2.19. The maximum Gasteiger partial charge on any atom is 2.00 e. The third-order valence-electron chi connectivity index (χ3n) is 0. The van der Waals surface area contributed by atoms with Crippen LogP contribution in [0.5, 0.6) is 0 Å². The van der Waals surface area contributed by atoms with E-state index in [1.54, 1.807) is 0 Å². The Kier molecular flexibility index (Phi) is 28.5. The summed E-state index contributed by atoms with van der Waals surface area (Å²) in [6.07, 6.45) is 0. The summed E-state index contributed by atoms with van der Waals surface area (Å²) in [5.41, 5.74) is 0. The number of hydrogen-bond acceptors (Lipinski definition) is 4. The number of phosphoric acid groups is 1. The standard InChI is InChI=1S/Ca.Mg.Na.H3O4P.2H/c;;;1-5(2,3)4;;/h;;;(H3,1,2,3,4);;/q2*+2;+1;;2*-1/p-3. The van der Waals surface area contributed by atoms with Gasteiger partial charge in [0, 0.05) is 0 Å². The van der Waals surface area contributed by atoms with E-state index >= 15 is 0 Å². The molecule has 0 aromatic heterocycles. The summed E-state index contributed by atoms with van der Waals surface area (Å²) in [6, 6.07) is 0. The molecule has 0 spiro atoms. The predicted octanol–water partition coefficient (Wildman–Crippen LogP) is -6.36. The molecule has 0 N–H and O–H groups in total. The molecule has 8 heavy (non-hydrogen) atoms. The van der Waals surface area contributed by atoms with Crippen molar-refractivity contribution in [3.8, 4) is 0 Å². The number of rotatable bonds is 0. The van der Waals surface area contributed by atoms with Gasteiger partial charge in [0.1, 0.15) is 0 Å². The Morgan fingerprint density at radius 1 is 1.25 bits per heavy atom. The van der Waals surface area contributed by atoms with Gasteiger partial charge in [0.05, 0.1) is 0 Å². The van der Waals surface area contributed by atoms with Crippen molar-refractivity contribution in [2.45, 2.75) is 0 Å². The molecule has 0 saturated heterocycles. The summed E-state index contributed by atoms with van der Waals surface area (Å²) in [4.78, 5) is 25.6. The molecule has 0 atom stereocenters. The molecule has 0 amide bonds. The molecule has 0 aliphatic heterocycles. The van der Waals surface area contributed by atoms with E-state index in [2.05, 4.69) is 0 Å². The van der Waals surface area contributed by atoms with E-state index in [1.165, 1.54) is 0 Å². The molecule has 0 aromatic carbocycles. The van der Waals surface area contributed by atoms with Gasteiger partial charge in [-0.05, 0) is 0 Å². The minimum Gasteiger partial charge on any atom is -1.00 e. The van der Waals surface area contributed by atoms with Crippen LogP contribution in [0, 0.1) is 0 Å². The van der Waals surface area contributed by atoms with Crippen molar-refractivity contribution in [2.75, 3.05) is 0 Å². The third-order valence-corrected chi connectivity index (χ3v) is 0. The molecule has 0 saturated carbocycles. The van der Waals surface area contributed by atoms with Gasteiger partial charge in [-0.15, -0.1) is 0 Å². The second-order valence-electron chi connectivity index (χ2n) is 0.447. The molecule has 8 heteroatoms. The summed E-state index contributed by atoms with van der Waals surface area (Å²) >= 11 is 0. The first kappa shape index (κ1) is 22.5. The van der Waals surface area contributed by atoms with E-state index in [9.17, 15) is 0 Å². The molecule has 36 valence electrons. The fourth-order valence-corrected chi connectivity index (χ4v) is 0. The second-order valence-corrected chi connectivity index (χ2v) is 1.34. The summed E-state index contributed by atoms with van der Waals surface area (Å²) in [5.74, 6) is 0. The SMILES string of the molecule is O=P([O-])([O-])[O-].[Ca+2].[H-].[H-].[Mg+2].[Na+]. The maximum absolute atomic E-state index is 8.55. The largest absolute Gasteiger partial charge is 2.00 e. The second kappa shape index (κ2) is 10.1. The Balaban J connectivity index is -0.00000000800. The molecule has 0 aromatic rings. The summed E-state index contributed by atoms with van der Waals surface area (Å²) in [7, 11) is -5.39. The Hall–Kier alpha value is 3.14. The van der Waals surface area contributed by atoms with E-state index in [0.717, 1.165) is 0 Å². The molecule has 0 radical (unpaired) electrons. The topological polar surface area (TPSA) is 86.2 Å². The zero-order valence-corrected chi connectivity index (χ0v) is 11.0. The Bertz CT molecular complexity index is 69.4. The van der Waals surface area contributed by atoms with Crippen LogP contribution in [0.15, 0.2) is 0 Å². The van der Waals surface area contributed by atoms with Gasteiger partial charge in [-0.1, -0.05) is 0 Å². The van der Waals surface area contributed by atoms with Crippen LogP contribution < -0.4 is 44.2 Å². The van der Waals surface area contributed by atoms with Crippen molar-refractivity contribution in [1.29, 1.82) is 0 Å². The molecule has 0 rings (SSSR count). The van der Waals surface area contributed by atoms with Crippen molar-refractivity contribution in [2.24, 2.45) is 0 Å². The summed E-state index contributed by atoms with van der Waals surface area (Å²) in [5, 5.41) is 0. The fraction of sp³-hybridized carbons (Fsp3) is 0. The van der Waals surface area contributed by atoms with Crippen molar-refractivity contribution < 1.29 is 51.7 Å². The van der Waals surface area contributed by atoms with Gasteiger partial charge in [-0.3, -0.25) is 0 Å². The van der Waals surface area contributed by atoms with E-state index in [4.69, 9.17) is 19.2 Å². The van der Waals surface area contributed by atoms with Crippen LogP contribution >= 0.6 is 7.82 Å². The molecule has 4 nitrogen and oxygen atoms in total. The zero-order chi connectivity index (χ0) is 4.50. The van der Waals surface area contributed by atoms with E-state index in [1.807, 2.05) is 0 Å². The monoisotopic (exact) mass is 184 g/mol. The minimum atomic E-state index is -5.39. The molecular formula is H2CaMgNaO4P. The van der Waals surface area contributed by atoms with E-state index < -0.39 is 7.82 Å². The summed E-state index contributed by atoms with van der Waals surface area (Å²) in [6.45, 7) is 0. The minimum absolute atomic E-state index is 0. The van der Waals surface area contributed by atoms with Gasteiger partial charge in [-0.2, -0.15) is 7.82 Å². The Morgan fingerprint density at radius 3 is 1.25 bits per heavy atom. The molecule has 0 aliphatic carbocycles. The maximum atomic E-state index is 8.55. The van der Waals surface area contributed by atoms with Crippen LogP contribution in [0.3, 0.4) is 0 Å². The van der Waals surface area contributed by atoms with Gasteiger partial charge in [0.15, 0.2) is 0 Å². The van der Waals surface area contributed by atoms with E-state index in [0.29, 0.717) is 0 Å². The van der Waals surface area contributed by atoms with Crippen molar-refractivity contribution in [3.05, 3.63) is 0 Å². The normalized spacial score (nSPS) is 7.38. The van der Waals surface area contributed by atoms with Crippen LogP contribution in [-0.2, 0) is 4.57 Å². The van der Waals surface area contributed by atoms with Gasteiger partial charge < -0.3 is 22.1 Å². The molecular weight excluding hydrogens is 182 g/mol. The van der Waals surface area contributed by atoms with Crippen LogP contribution in [0.25, 0.3) is 0 Å². The zero-order valence-electron chi connectivity index (χ0n) is 6.49. The Labute approximate surface area is 118 Å². The van der Waals surface area contributed by atoms with E-state index in [-0.39, 0.29) is 93.2 Å². The molecule has 0 unspecified atom stereocenters. The molecule has 0 fully saturated rings. The van der Waals surface area contributed by atoms with Gasteiger partial charge >= 0.3 is 90.3 Å². The van der Waals surface area contributed by atoms with Crippen LogP contribution in [0.4, 0.5) is 0 Å². The van der Waals surface area contributed by atoms with Crippen LogP contribution in [0.1, 0.15) is 2.85 Å². The average molecular weight is 184 g/mol. The van der Waals surface area contributed by atoms with Gasteiger partial charge in [0.2, 0.25) is 0 Å². The van der Waals surface area contributed by atoms with Gasteiger partial charge in [0.25, 0.3) is 0 Å². The van der Waals surface area contributed by atoms with Crippen molar-refractivity contribution in [3.63, 3.8) is 0 Å². The smallest absolute Gasteiger partial charge is 1.00 e. The van der Waals surface area contributed by atoms with Crippen molar-refractivity contribution >= 4 is 68.6 Å². The Morgan fingerprint density at radius 2 is 1.25 bits per heavy atom. The first-order chi connectivity index (χ1) is 2.00. The predicted molar refractivity (Wildman–Crippen MR) is 21.3 cm³/mol. The third kappa shape index (κ3) is 61.5. The van der Waals surface area contributed by atoms with Crippen LogP contribution in [-0.4, -0.2) is 60.8 Å². The molecule has 0 aliphatic rings. The van der Waals surface area contributed by atoms with Gasteiger partial charge in [-0.25, -0.2) is 0 Å². The molecule has 0 heterocycles. The summed E-state index contributed by atoms with van der Waals surface area (Å²) < 4.78 is 8.55.